The number of pyridine rings is 1. The summed E-state index contributed by atoms with van der Waals surface area (Å²) in [7, 11) is 2.07. The minimum atomic E-state index is -0.0231. The van der Waals surface area contributed by atoms with Gasteiger partial charge in [0, 0.05) is 74.1 Å². The first-order valence-corrected chi connectivity index (χ1v) is 12.9. The number of anilines is 1. The summed E-state index contributed by atoms with van der Waals surface area (Å²) in [5, 5.41) is 7.12. The Kier molecular flexibility index (Phi) is 7.14. The number of benzene rings is 2. The molecule has 0 saturated carbocycles. The molecule has 7 nitrogen and oxygen atoms in total. The molecule has 6 rings (SSSR count). The Hall–Kier alpha value is -4.23. The van der Waals surface area contributed by atoms with E-state index in [4.69, 9.17) is 0 Å². The third kappa shape index (κ3) is 4.90. The fourth-order valence-electron chi connectivity index (χ4n) is 4.78. The van der Waals surface area contributed by atoms with E-state index in [2.05, 4.69) is 104 Å². The van der Waals surface area contributed by atoms with Gasteiger partial charge in [-0.2, -0.15) is 0 Å². The summed E-state index contributed by atoms with van der Waals surface area (Å²) in [6.45, 7) is 7.82. The Balaban J connectivity index is 0.00000137. The lowest BCUT2D eigenvalue weighted by Crippen LogP contribution is -2.28. The van der Waals surface area contributed by atoms with Crippen molar-refractivity contribution in [3.8, 4) is 11.1 Å². The summed E-state index contributed by atoms with van der Waals surface area (Å²) in [6, 6.07) is 17.0. The van der Waals surface area contributed by atoms with Crippen LogP contribution in [0.4, 0.5) is 5.69 Å². The number of hydrogen-bond acceptors (Lipinski definition) is 6. The van der Waals surface area contributed by atoms with Crippen molar-refractivity contribution < 1.29 is 0 Å². The maximum Gasteiger partial charge on any atom is 0.0966 e. The molecular formula is C30H33N7. The van der Waals surface area contributed by atoms with Crippen LogP contribution in [0.25, 0.3) is 33.1 Å². The molecule has 4 heterocycles. The van der Waals surface area contributed by atoms with Crippen LogP contribution in [0.1, 0.15) is 32.4 Å². The summed E-state index contributed by atoms with van der Waals surface area (Å²) in [5.74, 6) is 0. The number of nitrogens with one attached hydrogen (secondary N) is 2. The van der Waals surface area contributed by atoms with Crippen LogP contribution < -0.4 is 10.7 Å². The number of aromatic nitrogens is 4. The Morgan fingerprint density at radius 3 is 2.68 bits per heavy atom. The first-order valence-electron chi connectivity index (χ1n) is 12.9. The predicted molar refractivity (Wildman–Crippen MR) is 152 cm³/mol. The maximum absolute atomic E-state index is 4.69. The number of nitrogens with zero attached hydrogens (tertiary/aromatic N) is 5. The van der Waals surface area contributed by atoms with Crippen LogP contribution in [0.3, 0.4) is 0 Å². The van der Waals surface area contributed by atoms with Gasteiger partial charge in [-0.25, -0.2) is 5.43 Å². The lowest BCUT2D eigenvalue weighted by atomic mass is 9.98. The molecule has 2 aromatic carbocycles. The van der Waals surface area contributed by atoms with Crippen LogP contribution in [-0.4, -0.2) is 37.6 Å². The standard InChI is InChI=1S/C28H27N7.C2H6/c1-3-35-18-22(17-32-35)27(21-5-4-9-29-16-21)33-23-14-24(28-25(15-23)30-10-11-31-28)20-7-6-19-8-12-34(2)26(19)13-20;1-2/h4-16,18,27,32-33H,3,17H2,1-2H3;1-2H3. The molecule has 0 bridgehead atoms. The molecule has 2 N–H and O–H groups in total. The maximum atomic E-state index is 4.69. The Bertz CT molecular complexity index is 1540. The van der Waals surface area contributed by atoms with E-state index in [0.717, 1.165) is 46.5 Å². The zero-order chi connectivity index (χ0) is 25.8. The molecule has 1 atom stereocenters. The minimum Gasteiger partial charge on any atom is -0.374 e. The molecule has 0 spiro atoms. The fourth-order valence-corrected chi connectivity index (χ4v) is 4.78. The summed E-state index contributed by atoms with van der Waals surface area (Å²) < 4.78 is 2.15. The van der Waals surface area contributed by atoms with Gasteiger partial charge in [0.2, 0.25) is 0 Å². The molecule has 0 fully saturated rings. The molecule has 5 aromatic rings. The first-order chi connectivity index (χ1) is 18.2. The lowest BCUT2D eigenvalue weighted by Gasteiger charge is -2.22. The summed E-state index contributed by atoms with van der Waals surface area (Å²) in [5.41, 5.74) is 11.9. The molecule has 1 unspecified atom stereocenters. The first kappa shape index (κ1) is 24.5. The van der Waals surface area contributed by atoms with Gasteiger partial charge in [0.05, 0.1) is 17.1 Å². The molecule has 1 aliphatic rings. The van der Waals surface area contributed by atoms with Crippen molar-refractivity contribution in [2.24, 2.45) is 7.05 Å². The van der Waals surface area contributed by atoms with Crippen molar-refractivity contribution >= 4 is 27.6 Å². The van der Waals surface area contributed by atoms with E-state index in [1.165, 1.54) is 16.5 Å². The summed E-state index contributed by atoms with van der Waals surface area (Å²) in [6.07, 6.45) is 11.5. The number of hydrogen-bond donors (Lipinski definition) is 2. The average Bonchev–Trinajstić information content (AvgIpc) is 3.59. The monoisotopic (exact) mass is 491 g/mol. The van der Waals surface area contributed by atoms with Gasteiger partial charge in [0.15, 0.2) is 0 Å². The van der Waals surface area contributed by atoms with Gasteiger partial charge in [0.1, 0.15) is 0 Å². The van der Waals surface area contributed by atoms with E-state index in [9.17, 15) is 0 Å². The van der Waals surface area contributed by atoms with Gasteiger partial charge in [0.25, 0.3) is 0 Å². The SMILES string of the molecule is CC.CCN1C=C(C(Nc2cc(-c3ccc4ccn(C)c4c3)c3nccnc3c2)c2cccnc2)CN1. The number of aryl methyl sites for hydroxylation is 1. The van der Waals surface area contributed by atoms with Crippen molar-refractivity contribution in [3.05, 3.63) is 96.9 Å². The molecule has 3 aromatic heterocycles. The molecule has 0 amide bonds. The highest BCUT2D eigenvalue weighted by Crippen LogP contribution is 2.35. The van der Waals surface area contributed by atoms with Gasteiger partial charge >= 0.3 is 0 Å². The van der Waals surface area contributed by atoms with Gasteiger partial charge in [-0.3, -0.25) is 15.0 Å². The number of hydrazine groups is 1. The van der Waals surface area contributed by atoms with Crippen LogP contribution in [0, 0.1) is 0 Å². The van der Waals surface area contributed by atoms with Crippen molar-refractivity contribution in [1.29, 1.82) is 0 Å². The topological polar surface area (TPSA) is 70.9 Å². The van der Waals surface area contributed by atoms with E-state index in [0.29, 0.717) is 0 Å². The third-order valence-corrected chi connectivity index (χ3v) is 6.62. The Morgan fingerprint density at radius 1 is 1.03 bits per heavy atom. The van der Waals surface area contributed by atoms with Crippen LogP contribution in [0.2, 0.25) is 0 Å². The van der Waals surface area contributed by atoms with Gasteiger partial charge < -0.3 is 14.9 Å². The average molecular weight is 492 g/mol. The van der Waals surface area contributed by atoms with E-state index in [-0.39, 0.29) is 6.04 Å². The Morgan fingerprint density at radius 2 is 1.89 bits per heavy atom. The molecular weight excluding hydrogens is 458 g/mol. The fraction of sp³-hybridized carbons (Fsp3) is 0.233. The van der Waals surface area contributed by atoms with Crippen LogP contribution in [0.5, 0.6) is 0 Å². The van der Waals surface area contributed by atoms with Crippen LogP contribution >= 0.6 is 0 Å². The second-order valence-corrected chi connectivity index (χ2v) is 8.84. The van der Waals surface area contributed by atoms with Gasteiger partial charge in [-0.1, -0.05) is 32.0 Å². The third-order valence-electron chi connectivity index (χ3n) is 6.62. The highest BCUT2D eigenvalue weighted by Gasteiger charge is 2.23. The van der Waals surface area contributed by atoms with Gasteiger partial charge in [-0.05, 0) is 59.3 Å². The van der Waals surface area contributed by atoms with Crippen LogP contribution in [-0.2, 0) is 7.05 Å². The molecule has 7 heteroatoms. The second-order valence-electron chi connectivity index (χ2n) is 8.84. The van der Waals surface area contributed by atoms with E-state index in [1.54, 1.807) is 12.4 Å². The Labute approximate surface area is 217 Å². The van der Waals surface area contributed by atoms with Crippen molar-refractivity contribution in [1.82, 2.24) is 30.0 Å². The predicted octanol–water partition coefficient (Wildman–Crippen LogP) is 6.09. The van der Waals surface area contributed by atoms with Crippen molar-refractivity contribution in [2.75, 3.05) is 18.4 Å². The zero-order valence-electron chi connectivity index (χ0n) is 21.8. The number of fused-ring (bicyclic) bond motifs is 2. The van der Waals surface area contributed by atoms with Crippen molar-refractivity contribution in [3.63, 3.8) is 0 Å². The molecule has 1 aliphatic heterocycles. The minimum absolute atomic E-state index is 0.0231. The van der Waals surface area contributed by atoms with E-state index >= 15 is 0 Å². The number of rotatable bonds is 6. The molecule has 0 aliphatic carbocycles. The lowest BCUT2D eigenvalue weighted by molar-refractivity contribution is 0.323. The zero-order valence-corrected chi connectivity index (χ0v) is 21.8. The molecule has 0 saturated heterocycles. The summed E-state index contributed by atoms with van der Waals surface area (Å²) >= 11 is 0. The molecule has 0 radical (unpaired) electrons. The van der Waals surface area contributed by atoms with Crippen molar-refractivity contribution in [2.45, 2.75) is 26.8 Å². The summed E-state index contributed by atoms with van der Waals surface area (Å²) in [4.78, 5) is 13.7. The second kappa shape index (κ2) is 10.8. The molecule has 37 heavy (non-hydrogen) atoms. The highest BCUT2D eigenvalue weighted by atomic mass is 15.5. The molecule has 188 valence electrons. The van der Waals surface area contributed by atoms with E-state index in [1.807, 2.05) is 32.3 Å². The van der Waals surface area contributed by atoms with Crippen LogP contribution in [0.15, 0.2) is 91.3 Å². The van der Waals surface area contributed by atoms with E-state index < -0.39 is 0 Å². The largest absolute Gasteiger partial charge is 0.374 e. The smallest absolute Gasteiger partial charge is 0.0966 e. The normalized spacial score (nSPS) is 13.8. The van der Waals surface area contributed by atoms with Gasteiger partial charge in [-0.15, -0.1) is 0 Å². The quantitative estimate of drug-likeness (QED) is 0.300. The highest BCUT2D eigenvalue weighted by molar-refractivity contribution is 5.97.